The Balaban J connectivity index is 0. The zero-order valence-corrected chi connectivity index (χ0v) is 11.5. The largest absolute Gasteiger partial charge is 0.466 e. The molecule has 17 heavy (non-hydrogen) atoms. The summed E-state index contributed by atoms with van der Waals surface area (Å²) in [6.07, 6.45) is 3.93. The van der Waals surface area contributed by atoms with Gasteiger partial charge in [-0.15, -0.1) is 0 Å². The monoisotopic (exact) mass is 259 g/mol. The first-order valence-corrected chi connectivity index (χ1v) is 7.17. The van der Waals surface area contributed by atoms with Crippen molar-refractivity contribution in [1.29, 1.82) is 0 Å². The molecule has 7 heteroatoms. The van der Waals surface area contributed by atoms with Gasteiger partial charge in [0, 0.05) is 25.3 Å². The average molecular weight is 259 g/mol. The molecular formula is C10H20LiO5S. The van der Waals surface area contributed by atoms with E-state index in [4.69, 9.17) is 9.29 Å². The summed E-state index contributed by atoms with van der Waals surface area (Å²) in [5.74, 6) is -0.372. The number of rotatable bonds is 9. The summed E-state index contributed by atoms with van der Waals surface area (Å²) in [4.78, 5) is 10.9. The number of carbonyl (C=O) groups excluding carboxylic acids is 1. The number of unbranched alkanes of at least 4 members (excludes halogenated alkanes) is 3. The van der Waals surface area contributed by atoms with Gasteiger partial charge < -0.3 is 4.74 Å². The maximum absolute atomic E-state index is 10.9. The molecule has 0 rings (SSSR count). The summed E-state index contributed by atoms with van der Waals surface area (Å²) in [7, 11) is -3.82. The van der Waals surface area contributed by atoms with Crippen LogP contribution in [0.15, 0.2) is 0 Å². The van der Waals surface area contributed by atoms with Gasteiger partial charge in [0.25, 0.3) is 10.1 Å². The van der Waals surface area contributed by atoms with Crippen LogP contribution in [-0.2, 0) is 19.6 Å². The Kier molecular flexibility index (Phi) is 12.6. The Morgan fingerprint density at radius 2 is 1.76 bits per heavy atom. The summed E-state index contributed by atoms with van der Waals surface area (Å²) < 4.78 is 34.1. The van der Waals surface area contributed by atoms with Crippen LogP contribution in [0.2, 0.25) is 0 Å². The van der Waals surface area contributed by atoms with Crippen LogP contribution < -0.4 is 0 Å². The molecule has 0 aliphatic carbocycles. The second kappa shape index (κ2) is 11.1. The molecule has 0 saturated carbocycles. The van der Waals surface area contributed by atoms with Gasteiger partial charge in [-0.2, -0.15) is 8.42 Å². The Hall–Kier alpha value is -0.0226. The number of hydrogen-bond donors (Lipinski definition) is 1. The third-order valence-electron chi connectivity index (χ3n) is 2.01. The van der Waals surface area contributed by atoms with E-state index in [1.165, 1.54) is 0 Å². The zero-order valence-electron chi connectivity index (χ0n) is 10.6. The summed E-state index contributed by atoms with van der Waals surface area (Å²) in [5.41, 5.74) is 0. The molecule has 1 radical (unpaired) electrons. The zero-order chi connectivity index (χ0) is 12.4. The van der Waals surface area contributed by atoms with Gasteiger partial charge in [0.15, 0.2) is 0 Å². The van der Waals surface area contributed by atoms with E-state index in [-0.39, 0.29) is 30.6 Å². The topological polar surface area (TPSA) is 80.7 Å². The number of ether oxygens (including phenoxy) is 1. The van der Waals surface area contributed by atoms with E-state index in [9.17, 15) is 13.2 Å². The van der Waals surface area contributed by atoms with Crippen molar-refractivity contribution in [2.24, 2.45) is 0 Å². The minimum atomic E-state index is -3.82. The number of esters is 1. The first kappa shape index (κ1) is 19.3. The summed E-state index contributed by atoms with van der Waals surface area (Å²) in [6.45, 7) is 2.31. The van der Waals surface area contributed by atoms with Gasteiger partial charge in [-0.1, -0.05) is 19.8 Å². The van der Waals surface area contributed by atoms with Gasteiger partial charge in [0.1, 0.15) is 0 Å². The van der Waals surface area contributed by atoms with Gasteiger partial charge in [-0.05, 0) is 19.3 Å². The fraction of sp³-hybridized carbons (Fsp3) is 0.900. The van der Waals surface area contributed by atoms with E-state index < -0.39 is 10.1 Å². The third kappa shape index (κ3) is 16.0. The smallest absolute Gasteiger partial charge is 0.305 e. The summed E-state index contributed by atoms with van der Waals surface area (Å²) >= 11 is 0. The normalized spacial score (nSPS) is 10.7. The van der Waals surface area contributed by atoms with Crippen LogP contribution in [0.25, 0.3) is 0 Å². The molecule has 0 aromatic heterocycles. The Morgan fingerprint density at radius 3 is 2.29 bits per heavy atom. The number of carbonyl (C=O) groups is 1. The molecule has 97 valence electrons. The van der Waals surface area contributed by atoms with E-state index in [0.717, 1.165) is 19.3 Å². The molecule has 0 unspecified atom stereocenters. The molecule has 5 nitrogen and oxygen atoms in total. The molecule has 0 aromatic carbocycles. The van der Waals surface area contributed by atoms with Crippen molar-refractivity contribution in [3.05, 3.63) is 0 Å². The van der Waals surface area contributed by atoms with Gasteiger partial charge in [0.2, 0.25) is 0 Å². The first-order chi connectivity index (χ1) is 7.45. The van der Waals surface area contributed by atoms with E-state index in [0.29, 0.717) is 25.9 Å². The fourth-order valence-corrected chi connectivity index (χ4v) is 1.77. The van der Waals surface area contributed by atoms with Crippen LogP contribution in [0.5, 0.6) is 0 Å². The minimum Gasteiger partial charge on any atom is -0.466 e. The molecule has 1 N–H and O–H groups in total. The summed E-state index contributed by atoms with van der Waals surface area (Å²) in [6, 6.07) is 0. The van der Waals surface area contributed by atoms with Crippen molar-refractivity contribution in [3.63, 3.8) is 0 Å². The molecule has 0 saturated heterocycles. The van der Waals surface area contributed by atoms with Crippen molar-refractivity contribution < 1.29 is 22.5 Å². The van der Waals surface area contributed by atoms with Crippen LogP contribution >= 0.6 is 0 Å². The molecular weight excluding hydrogens is 239 g/mol. The quantitative estimate of drug-likeness (QED) is 0.293. The Morgan fingerprint density at radius 1 is 1.18 bits per heavy atom. The molecule has 0 bridgehead atoms. The predicted octanol–water partition coefficient (Wildman–Crippen LogP) is 1.40. The maximum atomic E-state index is 10.9. The summed E-state index contributed by atoms with van der Waals surface area (Å²) in [5, 5.41) is 0. The van der Waals surface area contributed by atoms with Crippen LogP contribution in [-0.4, -0.2) is 50.2 Å². The van der Waals surface area contributed by atoms with Crippen molar-refractivity contribution in [2.75, 3.05) is 12.4 Å². The van der Waals surface area contributed by atoms with Gasteiger partial charge in [-0.3, -0.25) is 9.35 Å². The molecule has 0 spiro atoms. The standard InChI is InChI=1S/C10H20O5S.Li/c1-2-7-10(11)15-8-5-3-4-6-9-16(12,13)14;/h2-9H2,1H3,(H,12,13,14);. The Bertz CT molecular complexity index is 289. The molecule has 0 aromatic rings. The van der Waals surface area contributed by atoms with E-state index in [1.54, 1.807) is 0 Å². The minimum absolute atomic E-state index is 0. The number of hydrogen-bond acceptors (Lipinski definition) is 4. The molecule has 0 amide bonds. The fourth-order valence-electron chi connectivity index (χ4n) is 1.20. The van der Waals surface area contributed by atoms with Crippen molar-refractivity contribution in [2.45, 2.75) is 45.4 Å². The Labute approximate surface area is 115 Å². The third-order valence-corrected chi connectivity index (χ3v) is 2.82. The molecule has 0 heterocycles. The first-order valence-electron chi connectivity index (χ1n) is 5.56. The van der Waals surface area contributed by atoms with Crippen LogP contribution in [0, 0.1) is 0 Å². The van der Waals surface area contributed by atoms with Crippen LogP contribution in [0.1, 0.15) is 45.4 Å². The van der Waals surface area contributed by atoms with Gasteiger partial charge in [0.05, 0.1) is 12.4 Å². The SMILES string of the molecule is CCCC(=O)OCCCCCCS(=O)(=O)O.[Li]. The average Bonchev–Trinajstić information content (AvgIpc) is 2.15. The van der Waals surface area contributed by atoms with Crippen molar-refractivity contribution in [1.82, 2.24) is 0 Å². The molecule has 0 aliphatic rings. The van der Waals surface area contributed by atoms with Gasteiger partial charge in [-0.25, -0.2) is 0 Å². The second-order valence-corrected chi connectivity index (χ2v) is 5.24. The predicted molar refractivity (Wildman–Crippen MR) is 66.5 cm³/mol. The van der Waals surface area contributed by atoms with Gasteiger partial charge >= 0.3 is 5.97 Å². The second-order valence-electron chi connectivity index (χ2n) is 3.67. The molecule has 0 aliphatic heterocycles. The maximum Gasteiger partial charge on any atom is 0.305 e. The van der Waals surface area contributed by atoms with E-state index in [2.05, 4.69) is 0 Å². The molecule has 0 atom stereocenters. The van der Waals surface area contributed by atoms with Crippen LogP contribution in [0.4, 0.5) is 0 Å². The van der Waals surface area contributed by atoms with Crippen LogP contribution in [0.3, 0.4) is 0 Å². The molecule has 0 fully saturated rings. The van der Waals surface area contributed by atoms with E-state index in [1.807, 2.05) is 6.92 Å². The van der Waals surface area contributed by atoms with Crippen molar-refractivity contribution >= 4 is 34.9 Å². The van der Waals surface area contributed by atoms with E-state index >= 15 is 0 Å². The van der Waals surface area contributed by atoms with Crippen molar-refractivity contribution in [3.8, 4) is 0 Å².